The molecule has 0 fully saturated rings. The maximum atomic E-state index is 13.2. The molecule has 0 amide bonds. The van der Waals surface area contributed by atoms with Gasteiger partial charge in [-0.25, -0.2) is 4.39 Å². The van der Waals surface area contributed by atoms with E-state index in [2.05, 4.69) is 0 Å². The van der Waals surface area contributed by atoms with Gasteiger partial charge in [0.05, 0.1) is 4.70 Å². The lowest BCUT2D eigenvalue weighted by atomic mass is 10.2. The lowest BCUT2D eigenvalue weighted by Gasteiger charge is -1.96. The van der Waals surface area contributed by atoms with Gasteiger partial charge in [-0.3, -0.25) is 0 Å². The van der Waals surface area contributed by atoms with Crippen molar-refractivity contribution in [1.29, 1.82) is 0 Å². The summed E-state index contributed by atoms with van der Waals surface area (Å²) in [7, 11) is 0. The normalized spacial score (nSPS) is 11.0. The minimum absolute atomic E-state index is 0.240. The molecule has 1 heterocycles. The average molecular weight is 219 g/mol. The van der Waals surface area contributed by atoms with E-state index in [9.17, 15) is 8.78 Å². The Balaban J connectivity index is 2.75. The van der Waals surface area contributed by atoms with Crippen LogP contribution < -0.4 is 0 Å². The highest BCUT2D eigenvalue weighted by Gasteiger charge is 2.07. The number of alkyl halides is 1. The van der Waals surface area contributed by atoms with Gasteiger partial charge in [0.15, 0.2) is 5.13 Å². The summed E-state index contributed by atoms with van der Waals surface area (Å²) in [5.74, 6) is -0.160. The zero-order valence-electron chi connectivity index (χ0n) is 6.48. The third-order valence-electron chi connectivity index (χ3n) is 1.75. The first-order chi connectivity index (χ1) is 6.20. The molecule has 0 radical (unpaired) electrons. The number of halogens is 3. The highest BCUT2D eigenvalue weighted by molar-refractivity contribution is 7.17. The van der Waals surface area contributed by atoms with Gasteiger partial charge < -0.3 is 0 Å². The lowest BCUT2D eigenvalue weighted by molar-refractivity contribution is 0.640. The average Bonchev–Trinajstić information content (AvgIpc) is 2.46. The van der Waals surface area contributed by atoms with Gasteiger partial charge >= 0.3 is 0 Å². The van der Waals surface area contributed by atoms with Gasteiger partial charge in [0.2, 0.25) is 0 Å². The molecule has 0 saturated carbocycles. The van der Waals surface area contributed by atoms with Crippen LogP contribution in [-0.4, -0.2) is 0 Å². The first kappa shape index (κ1) is 8.91. The Kier molecular flexibility index (Phi) is 2.22. The summed E-state index contributed by atoms with van der Waals surface area (Å²) >= 11 is 6.36. The Morgan fingerprint density at radius 3 is 2.69 bits per heavy atom. The first-order valence-corrected chi connectivity index (χ1v) is 4.99. The van der Waals surface area contributed by atoms with E-state index in [4.69, 9.17) is 11.6 Å². The van der Waals surface area contributed by atoms with E-state index >= 15 is 0 Å². The maximum absolute atomic E-state index is 13.2. The van der Waals surface area contributed by atoms with Crippen molar-refractivity contribution < 1.29 is 8.78 Å². The standard InChI is InChI=1S/C9H5ClF2S/c10-4-5-1-6-3-8(12)13-9(6)7(11)2-5/h1-3H,4H2. The molecule has 0 bridgehead atoms. The molecule has 4 heteroatoms. The second kappa shape index (κ2) is 3.24. The Morgan fingerprint density at radius 2 is 2.00 bits per heavy atom. The number of hydrogen-bond acceptors (Lipinski definition) is 1. The van der Waals surface area contributed by atoms with E-state index < -0.39 is 5.82 Å². The van der Waals surface area contributed by atoms with Crippen molar-refractivity contribution in [2.75, 3.05) is 0 Å². The van der Waals surface area contributed by atoms with E-state index in [0.29, 0.717) is 15.6 Å². The van der Waals surface area contributed by atoms with Gasteiger partial charge in [0.1, 0.15) is 5.82 Å². The summed E-state index contributed by atoms with van der Waals surface area (Å²) in [5.41, 5.74) is 0.671. The first-order valence-electron chi connectivity index (χ1n) is 3.64. The third kappa shape index (κ3) is 1.54. The van der Waals surface area contributed by atoms with Crippen LogP contribution in [0.3, 0.4) is 0 Å². The fourth-order valence-corrected chi connectivity index (χ4v) is 2.14. The van der Waals surface area contributed by atoms with Crippen molar-refractivity contribution >= 4 is 33.0 Å². The molecule has 0 atom stereocenters. The summed E-state index contributed by atoms with van der Waals surface area (Å²) in [6, 6.07) is 4.36. The summed E-state index contributed by atoms with van der Waals surface area (Å²) in [6.45, 7) is 0. The minimum atomic E-state index is -0.401. The van der Waals surface area contributed by atoms with Crippen molar-refractivity contribution in [3.05, 3.63) is 34.7 Å². The summed E-state index contributed by atoms with van der Waals surface area (Å²) < 4.78 is 26.3. The zero-order chi connectivity index (χ0) is 9.42. The SMILES string of the molecule is Fc1cc2cc(CCl)cc(F)c2s1. The molecule has 0 saturated heterocycles. The molecule has 0 nitrogen and oxygen atoms in total. The van der Waals surface area contributed by atoms with Crippen LogP contribution in [0, 0.1) is 10.9 Å². The number of fused-ring (bicyclic) bond motifs is 1. The monoisotopic (exact) mass is 218 g/mol. The van der Waals surface area contributed by atoms with Crippen LogP contribution in [0.25, 0.3) is 10.1 Å². The van der Waals surface area contributed by atoms with Crippen molar-refractivity contribution in [2.45, 2.75) is 5.88 Å². The van der Waals surface area contributed by atoms with Crippen LogP contribution in [0.5, 0.6) is 0 Å². The van der Waals surface area contributed by atoms with Crippen LogP contribution in [0.1, 0.15) is 5.56 Å². The highest BCUT2D eigenvalue weighted by Crippen LogP contribution is 2.28. The Morgan fingerprint density at radius 1 is 1.23 bits per heavy atom. The molecule has 1 aromatic carbocycles. The molecule has 0 unspecified atom stereocenters. The molecule has 0 aliphatic carbocycles. The number of rotatable bonds is 1. The van der Waals surface area contributed by atoms with Gasteiger partial charge in [-0.1, -0.05) is 0 Å². The lowest BCUT2D eigenvalue weighted by Crippen LogP contribution is -1.80. The highest BCUT2D eigenvalue weighted by atomic mass is 35.5. The Labute approximate surface area is 82.8 Å². The van der Waals surface area contributed by atoms with E-state index in [0.717, 1.165) is 11.3 Å². The van der Waals surface area contributed by atoms with E-state index in [1.54, 1.807) is 6.07 Å². The van der Waals surface area contributed by atoms with Crippen molar-refractivity contribution in [3.63, 3.8) is 0 Å². The van der Waals surface area contributed by atoms with Crippen LogP contribution in [0.15, 0.2) is 18.2 Å². The summed E-state index contributed by atoms with van der Waals surface area (Å²) in [4.78, 5) is 0. The van der Waals surface area contributed by atoms with Gasteiger partial charge in [-0.2, -0.15) is 4.39 Å². The molecular formula is C9H5ClF2S. The maximum Gasteiger partial charge on any atom is 0.177 e. The van der Waals surface area contributed by atoms with Crippen LogP contribution in [-0.2, 0) is 5.88 Å². The summed E-state index contributed by atoms with van der Waals surface area (Å²) in [5, 5.41) is 0.207. The molecule has 1 aromatic heterocycles. The zero-order valence-corrected chi connectivity index (χ0v) is 8.05. The van der Waals surface area contributed by atoms with Gasteiger partial charge in [-0.05, 0) is 29.1 Å². The summed E-state index contributed by atoms with van der Waals surface area (Å²) in [6.07, 6.45) is 0. The number of hydrogen-bond donors (Lipinski definition) is 0. The van der Waals surface area contributed by atoms with Crippen molar-refractivity contribution in [2.24, 2.45) is 0 Å². The van der Waals surface area contributed by atoms with E-state index in [-0.39, 0.29) is 11.0 Å². The van der Waals surface area contributed by atoms with Gasteiger partial charge in [-0.15, -0.1) is 22.9 Å². The van der Waals surface area contributed by atoms with Crippen LogP contribution in [0.2, 0.25) is 0 Å². The van der Waals surface area contributed by atoms with Gasteiger partial charge in [0, 0.05) is 5.88 Å². The molecule has 2 aromatic rings. The largest absolute Gasteiger partial charge is 0.205 e. The van der Waals surface area contributed by atoms with Gasteiger partial charge in [0.25, 0.3) is 0 Å². The topological polar surface area (TPSA) is 0 Å². The smallest absolute Gasteiger partial charge is 0.177 e. The molecule has 0 N–H and O–H groups in total. The second-order valence-electron chi connectivity index (χ2n) is 2.68. The quantitative estimate of drug-likeness (QED) is 0.637. The van der Waals surface area contributed by atoms with E-state index in [1.807, 2.05) is 0 Å². The molecule has 13 heavy (non-hydrogen) atoms. The van der Waals surface area contributed by atoms with Crippen molar-refractivity contribution in [1.82, 2.24) is 0 Å². The molecule has 0 spiro atoms. The molecule has 0 aliphatic heterocycles. The third-order valence-corrected chi connectivity index (χ3v) is 3.01. The fraction of sp³-hybridized carbons (Fsp3) is 0.111. The minimum Gasteiger partial charge on any atom is -0.205 e. The predicted molar refractivity (Wildman–Crippen MR) is 51.3 cm³/mol. The predicted octanol–water partition coefficient (Wildman–Crippen LogP) is 3.92. The number of thiophene rings is 1. The second-order valence-corrected chi connectivity index (χ2v) is 3.95. The van der Waals surface area contributed by atoms with Crippen LogP contribution >= 0.6 is 22.9 Å². The molecule has 68 valence electrons. The fourth-order valence-electron chi connectivity index (χ4n) is 1.21. The molecule has 0 aliphatic rings. The van der Waals surface area contributed by atoms with Crippen LogP contribution in [0.4, 0.5) is 8.78 Å². The number of benzene rings is 1. The van der Waals surface area contributed by atoms with E-state index in [1.165, 1.54) is 12.1 Å². The Hall–Kier alpha value is -0.670. The molecular weight excluding hydrogens is 214 g/mol. The van der Waals surface area contributed by atoms with Crippen molar-refractivity contribution in [3.8, 4) is 0 Å². The molecule has 2 rings (SSSR count). The Bertz CT molecular complexity index is 450.